The van der Waals surface area contributed by atoms with Crippen LogP contribution in [0.1, 0.15) is 32.8 Å². The van der Waals surface area contributed by atoms with Crippen molar-refractivity contribution >= 4 is 40.6 Å². The molecule has 1 aromatic carbocycles. The van der Waals surface area contributed by atoms with Gasteiger partial charge in [0.15, 0.2) is 0 Å². The normalized spacial score (nSPS) is 13.5. The van der Waals surface area contributed by atoms with Crippen molar-refractivity contribution in [1.82, 2.24) is 15.6 Å². The summed E-state index contributed by atoms with van der Waals surface area (Å²) in [6.07, 6.45) is 3.39. The summed E-state index contributed by atoms with van der Waals surface area (Å²) >= 11 is 1.53. The van der Waals surface area contributed by atoms with E-state index in [4.69, 9.17) is 4.74 Å². The summed E-state index contributed by atoms with van der Waals surface area (Å²) in [6.45, 7) is 5.18. The van der Waals surface area contributed by atoms with Gasteiger partial charge >= 0.3 is 12.1 Å². The van der Waals surface area contributed by atoms with E-state index in [9.17, 15) is 19.5 Å². The molecular formula is C21H29N3O5S. The van der Waals surface area contributed by atoms with Crippen LogP contribution in [0.15, 0.2) is 30.5 Å². The topological polar surface area (TPSA) is 121 Å². The molecule has 0 radical (unpaired) electrons. The van der Waals surface area contributed by atoms with Crippen LogP contribution in [-0.4, -0.2) is 57.8 Å². The average Bonchev–Trinajstić information content (AvgIpc) is 3.06. The molecule has 0 spiro atoms. The number of hydrogen-bond acceptors (Lipinski definition) is 5. The number of amides is 2. The molecule has 0 saturated heterocycles. The number of carboxylic acids is 1. The van der Waals surface area contributed by atoms with E-state index in [1.807, 2.05) is 30.5 Å². The van der Waals surface area contributed by atoms with Crippen LogP contribution >= 0.6 is 11.8 Å². The predicted molar refractivity (Wildman–Crippen MR) is 118 cm³/mol. The number of H-pyrrole nitrogens is 1. The number of fused-ring (bicyclic) bond motifs is 1. The molecule has 0 unspecified atom stereocenters. The van der Waals surface area contributed by atoms with E-state index in [0.717, 1.165) is 16.5 Å². The summed E-state index contributed by atoms with van der Waals surface area (Å²) < 4.78 is 5.23. The number of aromatic amines is 1. The minimum absolute atomic E-state index is 0.118. The largest absolute Gasteiger partial charge is 0.480 e. The molecule has 2 amide bonds. The number of ether oxygens (including phenoxy) is 1. The van der Waals surface area contributed by atoms with Gasteiger partial charge in [0.1, 0.15) is 17.7 Å². The summed E-state index contributed by atoms with van der Waals surface area (Å²) in [5, 5.41) is 15.7. The van der Waals surface area contributed by atoms with Crippen LogP contribution in [0.5, 0.6) is 0 Å². The Hall–Kier alpha value is -2.68. The van der Waals surface area contributed by atoms with Crippen LogP contribution in [0.25, 0.3) is 10.9 Å². The third-order valence-electron chi connectivity index (χ3n) is 4.33. The van der Waals surface area contributed by atoms with Crippen LogP contribution in [0.2, 0.25) is 0 Å². The van der Waals surface area contributed by atoms with Crippen molar-refractivity contribution in [3.05, 3.63) is 36.0 Å². The number of carbonyl (C=O) groups excluding carboxylic acids is 2. The Bertz CT molecular complexity index is 890. The molecule has 0 aliphatic carbocycles. The Balaban J connectivity index is 2.11. The van der Waals surface area contributed by atoms with E-state index < -0.39 is 35.7 Å². The maximum absolute atomic E-state index is 12.8. The van der Waals surface area contributed by atoms with Gasteiger partial charge in [0.2, 0.25) is 5.91 Å². The molecule has 0 fully saturated rings. The van der Waals surface area contributed by atoms with Crippen molar-refractivity contribution in [2.75, 3.05) is 12.0 Å². The Morgan fingerprint density at radius 1 is 1.17 bits per heavy atom. The fourth-order valence-corrected chi connectivity index (χ4v) is 3.42. The lowest BCUT2D eigenvalue weighted by Gasteiger charge is -2.24. The number of alkyl carbamates (subject to hydrolysis) is 1. The second kappa shape index (κ2) is 10.4. The second-order valence-electron chi connectivity index (χ2n) is 7.94. The van der Waals surface area contributed by atoms with Crippen molar-refractivity contribution in [1.29, 1.82) is 0 Å². The fourth-order valence-electron chi connectivity index (χ4n) is 2.95. The molecule has 0 saturated carbocycles. The lowest BCUT2D eigenvalue weighted by molar-refractivity contribution is -0.142. The molecule has 4 N–H and O–H groups in total. The summed E-state index contributed by atoms with van der Waals surface area (Å²) in [6, 6.07) is 5.53. The average molecular weight is 436 g/mol. The number of nitrogens with one attached hydrogen (secondary N) is 3. The van der Waals surface area contributed by atoms with Crippen molar-refractivity contribution in [3.63, 3.8) is 0 Å². The van der Waals surface area contributed by atoms with Crippen molar-refractivity contribution in [3.8, 4) is 0 Å². The van der Waals surface area contributed by atoms with Gasteiger partial charge in [-0.1, -0.05) is 18.2 Å². The number of carboxylic acid groups (broad SMARTS) is 1. The first-order valence-corrected chi connectivity index (χ1v) is 11.1. The summed E-state index contributed by atoms with van der Waals surface area (Å²) in [5.74, 6) is -1.08. The highest BCUT2D eigenvalue weighted by atomic mass is 32.2. The highest BCUT2D eigenvalue weighted by Gasteiger charge is 2.28. The van der Waals surface area contributed by atoms with Gasteiger partial charge in [0.25, 0.3) is 0 Å². The first-order chi connectivity index (χ1) is 14.1. The van der Waals surface area contributed by atoms with Gasteiger partial charge in [-0.3, -0.25) is 4.79 Å². The number of aromatic nitrogens is 1. The number of benzene rings is 1. The molecule has 30 heavy (non-hydrogen) atoms. The number of hydrogen-bond donors (Lipinski definition) is 4. The van der Waals surface area contributed by atoms with E-state index >= 15 is 0 Å². The van der Waals surface area contributed by atoms with Crippen LogP contribution < -0.4 is 10.6 Å². The van der Waals surface area contributed by atoms with Crippen molar-refractivity contribution in [2.24, 2.45) is 0 Å². The zero-order chi connectivity index (χ0) is 22.3. The van der Waals surface area contributed by atoms with Crippen LogP contribution in [0, 0.1) is 0 Å². The maximum Gasteiger partial charge on any atom is 0.408 e. The van der Waals surface area contributed by atoms with Gasteiger partial charge in [0.05, 0.1) is 0 Å². The third kappa shape index (κ3) is 6.98. The first kappa shape index (κ1) is 23.6. The summed E-state index contributed by atoms with van der Waals surface area (Å²) in [7, 11) is 0. The Morgan fingerprint density at radius 3 is 2.50 bits per heavy atom. The number of thioether (sulfide) groups is 1. The highest BCUT2D eigenvalue weighted by molar-refractivity contribution is 7.98. The van der Waals surface area contributed by atoms with E-state index in [2.05, 4.69) is 15.6 Å². The van der Waals surface area contributed by atoms with E-state index in [-0.39, 0.29) is 6.42 Å². The Morgan fingerprint density at radius 2 is 1.87 bits per heavy atom. The smallest absolute Gasteiger partial charge is 0.408 e. The zero-order valence-corrected chi connectivity index (χ0v) is 18.5. The quantitative estimate of drug-likeness (QED) is 0.481. The number of carbonyl (C=O) groups is 3. The molecule has 8 nitrogen and oxygen atoms in total. The van der Waals surface area contributed by atoms with Gasteiger partial charge in [0, 0.05) is 23.5 Å². The van der Waals surface area contributed by atoms with E-state index in [1.54, 1.807) is 27.0 Å². The van der Waals surface area contributed by atoms with Gasteiger partial charge < -0.3 is 25.5 Å². The minimum Gasteiger partial charge on any atom is -0.480 e. The molecule has 164 valence electrons. The standard InChI is InChI=1S/C21H29N3O5S/c1-21(2,3)29-20(28)24-16(9-10-30-4)18(25)23-17(19(26)27)11-13-12-22-15-8-6-5-7-14(13)15/h5-8,12,16-17,22H,9-11H2,1-4H3,(H,23,25)(H,24,28)(H,26,27)/t16-,17-/m0/s1. The van der Waals surface area contributed by atoms with Crippen molar-refractivity contribution < 1.29 is 24.2 Å². The van der Waals surface area contributed by atoms with Gasteiger partial charge in [-0.25, -0.2) is 9.59 Å². The molecule has 0 bridgehead atoms. The van der Waals surface area contributed by atoms with Gasteiger partial charge in [-0.15, -0.1) is 0 Å². The molecule has 0 aliphatic heterocycles. The molecule has 2 atom stereocenters. The van der Waals surface area contributed by atoms with Crippen molar-refractivity contribution in [2.45, 2.75) is 51.3 Å². The lowest BCUT2D eigenvalue weighted by atomic mass is 10.0. The minimum atomic E-state index is -1.14. The molecule has 2 rings (SSSR count). The Kier molecular flexibility index (Phi) is 8.16. The van der Waals surface area contributed by atoms with Crippen LogP contribution in [0.3, 0.4) is 0 Å². The molecule has 1 heterocycles. The van der Waals surface area contributed by atoms with E-state index in [0.29, 0.717) is 12.2 Å². The second-order valence-corrected chi connectivity index (χ2v) is 8.93. The van der Waals surface area contributed by atoms with Crippen LogP contribution in [0.4, 0.5) is 4.79 Å². The van der Waals surface area contributed by atoms with Gasteiger partial charge in [-0.05, 0) is 50.8 Å². The first-order valence-electron chi connectivity index (χ1n) is 9.67. The molecular weight excluding hydrogens is 406 g/mol. The zero-order valence-electron chi connectivity index (χ0n) is 17.7. The monoisotopic (exact) mass is 435 g/mol. The number of aliphatic carboxylic acids is 1. The SMILES string of the molecule is CSCC[C@H](NC(=O)OC(C)(C)C)C(=O)N[C@@H](Cc1c[nH]c2ccccc12)C(=O)O. The summed E-state index contributed by atoms with van der Waals surface area (Å²) in [5.41, 5.74) is 0.982. The predicted octanol–water partition coefficient (Wildman–Crippen LogP) is 2.93. The fraction of sp³-hybridized carbons (Fsp3) is 0.476. The molecule has 9 heteroatoms. The third-order valence-corrected chi connectivity index (χ3v) is 4.98. The molecule has 1 aromatic heterocycles. The molecule has 0 aliphatic rings. The highest BCUT2D eigenvalue weighted by Crippen LogP contribution is 2.19. The van der Waals surface area contributed by atoms with Gasteiger partial charge in [-0.2, -0.15) is 11.8 Å². The summed E-state index contributed by atoms with van der Waals surface area (Å²) in [4.78, 5) is 39.8. The maximum atomic E-state index is 12.8. The van der Waals surface area contributed by atoms with Crippen LogP contribution in [-0.2, 0) is 20.7 Å². The Labute approximate surface area is 180 Å². The number of para-hydroxylation sites is 1. The lowest BCUT2D eigenvalue weighted by Crippen LogP contribution is -2.53. The van der Waals surface area contributed by atoms with E-state index in [1.165, 1.54) is 11.8 Å². The molecule has 2 aromatic rings. The number of rotatable bonds is 9.